The first-order valence-electron chi connectivity index (χ1n) is 10.2. The van der Waals surface area contributed by atoms with Crippen LogP contribution in [-0.4, -0.2) is 105 Å². The Labute approximate surface area is 168 Å². The number of carbonyl (C=O) groups excluding carboxylic acids is 2. The maximum absolute atomic E-state index is 12.4. The maximum Gasteiger partial charge on any atom is 0.241 e. The summed E-state index contributed by atoms with van der Waals surface area (Å²) in [7, 11) is 0.590. The standard InChI is InChI=1S/C19H33N3O5S/c1-20(2)18(24)13-22-15-19(27-11-4-17(22)23)6-9-21(10-7-19)8-3-16-5-12-28(25,26)14-16/h16H,3-15H2,1-2H3. The Hall–Kier alpha value is -1.19. The molecule has 0 aliphatic carbocycles. The van der Waals surface area contributed by atoms with Crippen molar-refractivity contribution >= 4 is 21.7 Å². The summed E-state index contributed by atoms with van der Waals surface area (Å²) in [5.41, 5.74) is -0.369. The molecule has 1 unspecified atom stereocenters. The average Bonchev–Trinajstić information content (AvgIpc) is 2.91. The summed E-state index contributed by atoms with van der Waals surface area (Å²) in [5.74, 6) is 0.876. The van der Waals surface area contributed by atoms with E-state index in [4.69, 9.17) is 4.74 Å². The highest BCUT2D eigenvalue weighted by Gasteiger charge is 2.41. The fraction of sp³-hybridized carbons (Fsp3) is 0.895. The highest BCUT2D eigenvalue weighted by Crippen LogP contribution is 2.31. The van der Waals surface area contributed by atoms with Gasteiger partial charge < -0.3 is 19.4 Å². The zero-order chi connectivity index (χ0) is 20.4. The van der Waals surface area contributed by atoms with E-state index in [1.165, 1.54) is 4.90 Å². The summed E-state index contributed by atoms with van der Waals surface area (Å²) in [4.78, 5) is 30.0. The lowest BCUT2D eigenvalue weighted by atomic mass is 9.90. The maximum atomic E-state index is 12.4. The van der Waals surface area contributed by atoms with Crippen molar-refractivity contribution in [1.29, 1.82) is 0 Å². The van der Waals surface area contributed by atoms with Crippen molar-refractivity contribution < 1.29 is 22.7 Å². The predicted octanol–water partition coefficient (Wildman–Crippen LogP) is -0.0171. The summed E-state index contributed by atoms with van der Waals surface area (Å²) in [6.07, 6.45) is 3.70. The molecule has 0 aromatic heterocycles. The van der Waals surface area contributed by atoms with Gasteiger partial charge in [0.15, 0.2) is 9.84 Å². The molecule has 3 aliphatic rings. The van der Waals surface area contributed by atoms with Gasteiger partial charge in [-0.15, -0.1) is 0 Å². The van der Waals surface area contributed by atoms with Crippen LogP contribution in [0.25, 0.3) is 0 Å². The molecule has 3 aliphatic heterocycles. The summed E-state index contributed by atoms with van der Waals surface area (Å²) < 4.78 is 29.4. The SMILES string of the molecule is CN(C)C(=O)CN1CC2(CCN(CCC3CCS(=O)(=O)C3)CC2)OCCC1=O. The molecule has 3 fully saturated rings. The molecule has 2 amide bonds. The summed E-state index contributed by atoms with van der Waals surface area (Å²) in [6.45, 7) is 3.66. The molecule has 160 valence electrons. The lowest BCUT2D eigenvalue weighted by Crippen LogP contribution is -2.53. The smallest absolute Gasteiger partial charge is 0.241 e. The third-order valence-electron chi connectivity index (χ3n) is 6.33. The topological polar surface area (TPSA) is 87.2 Å². The molecule has 8 nitrogen and oxygen atoms in total. The van der Waals surface area contributed by atoms with Gasteiger partial charge in [-0.25, -0.2) is 8.42 Å². The minimum Gasteiger partial charge on any atom is -0.373 e. The molecule has 0 N–H and O–H groups in total. The van der Waals surface area contributed by atoms with Gasteiger partial charge in [-0.3, -0.25) is 9.59 Å². The third-order valence-corrected chi connectivity index (χ3v) is 8.17. The van der Waals surface area contributed by atoms with Crippen LogP contribution in [-0.2, 0) is 24.2 Å². The molecular weight excluding hydrogens is 382 g/mol. The second-order valence-corrected chi connectivity index (χ2v) is 10.9. The Balaban J connectivity index is 1.51. The van der Waals surface area contributed by atoms with Crippen LogP contribution < -0.4 is 0 Å². The number of ether oxygens (including phenoxy) is 1. The predicted molar refractivity (Wildman–Crippen MR) is 106 cm³/mol. The number of carbonyl (C=O) groups is 2. The van der Waals surface area contributed by atoms with Crippen LogP contribution in [0.15, 0.2) is 0 Å². The normalized spacial score (nSPS) is 27.7. The summed E-state index contributed by atoms with van der Waals surface area (Å²) in [6, 6.07) is 0. The van der Waals surface area contributed by atoms with E-state index in [2.05, 4.69) is 4.90 Å². The fourth-order valence-electron chi connectivity index (χ4n) is 4.39. The molecule has 3 saturated heterocycles. The van der Waals surface area contributed by atoms with E-state index in [1.54, 1.807) is 19.0 Å². The van der Waals surface area contributed by atoms with Crippen LogP contribution in [0.2, 0.25) is 0 Å². The van der Waals surface area contributed by atoms with Crippen molar-refractivity contribution in [2.45, 2.75) is 37.7 Å². The first kappa shape index (κ1) is 21.5. The number of piperidine rings is 1. The molecular formula is C19H33N3O5S. The van der Waals surface area contributed by atoms with E-state index < -0.39 is 9.84 Å². The van der Waals surface area contributed by atoms with Crippen molar-refractivity contribution in [2.24, 2.45) is 5.92 Å². The van der Waals surface area contributed by atoms with E-state index in [9.17, 15) is 18.0 Å². The molecule has 0 saturated carbocycles. The zero-order valence-corrected chi connectivity index (χ0v) is 17.9. The van der Waals surface area contributed by atoms with Crippen LogP contribution in [0.5, 0.6) is 0 Å². The van der Waals surface area contributed by atoms with Gasteiger partial charge in [-0.1, -0.05) is 0 Å². The Morgan fingerprint density at radius 3 is 2.61 bits per heavy atom. The van der Waals surface area contributed by atoms with Crippen molar-refractivity contribution in [2.75, 3.05) is 64.9 Å². The van der Waals surface area contributed by atoms with E-state index in [-0.39, 0.29) is 24.0 Å². The molecule has 1 atom stereocenters. The van der Waals surface area contributed by atoms with Gasteiger partial charge >= 0.3 is 0 Å². The van der Waals surface area contributed by atoms with Crippen LogP contribution in [0.3, 0.4) is 0 Å². The Bertz CT molecular complexity index is 686. The number of hydrogen-bond donors (Lipinski definition) is 0. The fourth-order valence-corrected chi connectivity index (χ4v) is 6.31. The van der Waals surface area contributed by atoms with Crippen molar-refractivity contribution in [1.82, 2.24) is 14.7 Å². The van der Waals surface area contributed by atoms with Crippen LogP contribution in [0.4, 0.5) is 0 Å². The number of hydrogen-bond acceptors (Lipinski definition) is 6. The molecule has 3 rings (SSSR count). The molecule has 3 heterocycles. The van der Waals surface area contributed by atoms with E-state index >= 15 is 0 Å². The largest absolute Gasteiger partial charge is 0.373 e. The van der Waals surface area contributed by atoms with Crippen molar-refractivity contribution in [3.63, 3.8) is 0 Å². The Morgan fingerprint density at radius 1 is 1.29 bits per heavy atom. The Kier molecular flexibility index (Phi) is 6.66. The number of rotatable bonds is 5. The highest BCUT2D eigenvalue weighted by atomic mass is 32.2. The molecule has 9 heteroatoms. The number of likely N-dealkylation sites (N-methyl/N-ethyl adjacent to an activating group) is 1. The molecule has 1 spiro atoms. The molecule has 0 bridgehead atoms. The van der Waals surface area contributed by atoms with Gasteiger partial charge in [0.1, 0.15) is 0 Å². The number of nitrogens with zero attached hydrogens (tertiary/aromatic N) is 3. The van der Waals surface area contributed by atoms with E-state index in [1.807, 2.05) is 0 Å². The van der Waals surface area contributed by atoms with E-state index in [0.29, 0.717) is 37.0 Å². The average molecular weight is 416 g/mol. The second-order valence-electron chi connectivity index (χ2n) is 8.72. The minimum atomic E-state index is -2.81. The van der Waals surface area contributed by atoms with Gasteiger partial charge in [0.05, 0.1) is 43.2 Å². The highest BCUT2D eigenvalue weighted by molar-refractivity contribution is 7.91. The van der Waals surface area contributed by atoms with Crippen LogP contribution in [0, 0.1) is 5.92 Å². The molecule has 0 aromatic rings. The summed E-state index contributed by atoms with van der Waals surface area (Å²) in [5, 5.41) is 0. The molecule has 28 heavy (non-hydrogen) atoms. The number of amides is 2. The monoisotopic (exact) mass is 415 g/mol. The minimum absolute atomic E-state index is 0.0167. The Morgan fingerprint density at radius 2 is 2.00 bits per heavy atom. The first-order valence-corrected chi connectivity index (χ1v) is 12.0. The summed E-state index contributed by atoms with van der Waals surface area (Å²) >= 11 is 0. The zero-order valence-electron chi connectivity index (χ0n) is 17.1. The number of sulfone groups is 1. The van der Waals surface area contributed by atoms with Gasteiger partial charge in [0.25, 0.3) is 0 Å². The molecule has 0 radical (unpaired) electrons. The third kappa shape index (κ3) is 5.45. The van der Waals surface area contributed by atoms with Crippen molar-refractivity contribution in [3.05, 3.63) is 0 Å². The van der Waals surface area contributed by atoms with Crippen molar-refractivity contribution in [3.8, 4) is 0 Å². The lowest BCUT2D eigenvalue weighted by Gasteiger charge is -2.42. The van der Waals surface area contributed by atoms with Gasteiger partial charge in [-0.2, -0.15) is 0 Å². The van der Waals surface area contributed by atoms with Gasteiger partial charge in [0, 0.05) is 27.2 Å². The van der Waals surface area contributed by atoms with Gasteiger partial charge in [-0.05, 0) is 38.1 Å². The number of likely N-dealkylation sites (tertiary alicyclic amines) is 1. The first-order chi connectivity index (χ1) is 13.2. The van der Waals surface area contributed by atoms with E-state index in [0.717, 1.165) is 45.3 Å². The quantitative estimate of drug-likeness (QED) is 0.627. The van der Waals surface area contributed by atoms with Crippen LogP contribution >= 0.6 is 0 Å². The lowest BCUT2D eigenvalue weighted by molar-refractivity contribution is -0.140. The van der Waals surface area contributed by atoms with Gasteiger partial charge in [0.2, 0.25) is 11.8 Å². The molecule has 0 aromatic carbocycles. The van der Waals surface area contributed by atoms with Crippen LogP contribution in [0.1, 0.15) is 32.1 Å². The second kappa shape index (κ2) is 8.67.